The van der Waals surface area contributed by atoms with Gasteiger partial charge in [-0.3, -0.25) is 9.59 Å². The van der Waals surface area contributed by atoms with Gasteiger partial charge in [0.25, 0.3) is 5.91 Å². The lowest BCUT2D eigenvalue weighted by Crippen LogP contribution is -2.28. The summed E-state index contributed by atoms with van der Waals surface area (Å²) in [5.74, 6) is -0.134. The molecular formula is C16H11F3N2O3. The minimum atomic E-state index is -4.51. The maximum Gasteiger partial charge on any atom is 0.416 e. The van der Waals surface area contributed by atoms with E-state index in [4.69, 9.17) is 4.42 Å². The number of pyridine rings is 1. The molecule has 3 aromatic rings. The first-order chi connectivity index (χ1) is 11.4. The molecule has 3 rings (SSSR count). The molecule has 124 valence electrons. The number of rotatable bonds is 3. The Kier molecular flexibility index (Phi) is 3.88. The van der Waals surface area contributed by atoms with E-state index in [-0.39, 0.29) is 23.0 Å². The highest BCUT2D eigenvalue weighted by Crippen LogP contribution is 2.30. The van der Waals surface area contributed by atoms with E-state index < -0.39 is 23.1 Å². The van der Waals surface area contributed by atoms with Crippen LogP contribution in [0.25, 0.3) is 10.9 Å². The van der Waals surface area contributed by atoms with Crippen LogP contribution in [0.2, 0.25) is 0 Å². The van der Waals surface area contributed by atoms with E-state index in [1.54, 1.807) is 12.1 Å². The van der Waals surface area contributed by atoms with Gasteiger partial charge in [-0.25, -0.2) is 0 Å². The Balaban J connectivity index is 1.91. The number of aromatic amines is 1. The van der Waals surface area contributed by atoms with Crippen molar-refractivity contribution in [2.45, 2.75) is 12.7 Å². The second kappa shape index (κ2) is 5.88. The number of hydrogen-bond acceptors (Lipinski definition) is 3. The van der Waals surface area contributed by atoms with Crippen molar-refractivity contribution in [3.8, 4) is 0 Å². The van der Waals surface area contributed by atoms with Crippen molar-refractivity contribution >= 4 is 16.8 Å². The Morgan fingerprint density at radius 2 is 2.04 bits per heavy atom. The van der Waals surface area contributed by atoms with Crippen molar-refractivity contribution in [2.24, 2.45) is 0 Å². The number of carbonyl (C=O) groups is 1. The van der Waals surface area contributed by atoms with Gasteiger partial charge in [-0.2, -0.15) is 13.2 Å². The SMILES string of the molecule is O=C(NCc1ccco1)c1c[nH]c2cc(C(F)(F)F)ccc2c1=O. The van der Waals surface area contributed by atoms with Gasteiger partial charge in [0.05, 0.1) is 18.4 Å². The number of halogens is 3. The summed E-state index contributed by atoms with van der Waals surface area (Å²) in [6.07, 6.45) is -1.96. The Labute approximate surface area is 133 Å². The molecule has 5 nitrogen and oxygen atoms in total. The van der Waals surface area contributed by atoms with E-state index in [9.17, 15) is 22.8 Å². The van der Waals surface area contributed by atoms with E-state index in [0.29, 0.717) is 5.76 Å². The number of amides is 1. The molecule has 0 aliphatic heterocycles. The largest absolute Gasteiger partial charge is 0.467 e. The fraction of sp³-hybridized carbons (Fsp3) is 0.125. The molecular weight excluding hydrogens is 325 g/mol. The summed E-state index contributed by atoms with van der Waals surface area (Å²) >= 11 is 0. The summed E-state index contributed by atoms with van der Waals surface area (Å²) in [6.45, 7) is 0.0936. The maximum absolute atomic E-state index is 12.7. The lowest BCUT2D eigenvalue weighted by Gasteiger charge is -2.08. The molecule has 0 radical (unpaired) electrons. The number of nitrogens with one attached hydrogen (secondary N) is 2. The van der Waals surface area contributed by atoms with Crippen molar-refractivity contribution in [1.82, 2.24) is 10.3 Å². The Bertz CT molecular complexity index is 943. The molecule has 0 spiro atoms. The van der Waals surface area contributed by atoms with Crippen LogP contribution in [0.15, 0.2) is 52.0 Å². The van der Waals surface area contributed by atoms with Gasteiger partial charge < -0.3 is 14.7 Å². The third-order valence-corrected chi connectivity index (χ3v) is 3.46. The predicted molar refractivity (Wildman–Crippen MR) is 79.4 cm³/mol. The highest BCUT2D eigenvalue weighted by Gasteiger charge is 2.30. The number of benzene rings is 1. The van der Waals surface area contributed by atoms with E-state index in [2.05, 4.69) is 10.3 Å². The summed E-state index contributed by atoms with van der Waals surface area (Å²) in [7, 11) is 0. The molecule has 1 amide bonds. The molecule has 2 heterocycles. The third-order valence-electron chi connectivity index (χ3n) is 3.46. The van der Waals surface area contributed by atoms with Crippen molar-refractivity contribution in [2.75, 3.05) is 0 Å². The van der Waals surface area contributed by atoms with E-state index in [1.807, 2.05) is 0 Å². The molecule has 24 heavy (non-hydrogen) atoms. The molecule has 0 atom stereocenters. The number of H-pyrrole nitrogens is 1. The molecule has 2 aromatic heterocycles. The summed E-state index contributed by atoms with van der Waals surface area (Å²) in [6, 6.07) is 6.01. The van der Waals surface area contributed by atoms with Gasteiger partial charge in [0.2, 0.25) is 5.43 Å². The van der Waals surface area contributed by atoms with Crippen LogP contribution in [-0.2, 0) is 12.7 Å². The Hall–Kier alpha value is -3.03. The van der Waals surface area contributed by atoms with E-state index in [0.717, 1.165) is 24.4 Å². The highest BCUT2D eigenvalue weighted by molar-refractivity contribution is 5.97. The first kappa shape index (κ1) is 15.9. The molecule has 0 saturated carbocycles. The zero-order valence-corrected chi connectivity index (χ0v) is 12.1. The summed E-state index contributed by atoms with van der Waals surface area (Å²) in [5, 5.41) is 2.52. The topological polar surface area (TPSA) is 75.1 Å². The highest BCUT2D eigenvalue weighted by atomic mass is 19.4. The van der Waals surface area contributed by atoms with Crippen molar-refractivity contribution in [3.63, 3.8) is 0 Å². The summed E-state index contributed by atoms with van der Waals surface area (Å²) in [4.78, 5) is 26.9. The molecule has 2 N–H and O–H groups in total. The maximum atomic E-state index is 12.7. The molecule has 0 unspecified atom stereocenters. The number of furan rings is 1. The third kappa shape index (κ3) is 3.03. The predicted octanol–water partition coefficient (Wildman–Crippen LogP) is 3.07. The van der Waals surface area contributed by atoms with Gasteiger partial charge in [-0.1, -0.05) is 0 Å². The molecule has 1 aromatic carbocycles. The number of hydrogen-bond donors (Lipinski definition) is 2. The van der Waals surface area contributed by atoms with Crippen LogP contribution in [0, 0.1) is 0 Å². The average Bonchev–Trinajstić information content (AvgIpc) is 3.05. The van der Waals surface area contributed by atoms with Crippen LogP contribution >= 0.6 is 0 Å². The van der Waals surface area contributed by atoms with Crippen molar-refractivity contribution in [1.29, 1.82) is 0 Å². The molecule has 0 aliphatic carbocycles. The van der Waals surface area contributed by atoms with E-state index in [1.165, 1.54) is 6.26 Å². The quantitative estimate of drug-likeness (QED) is 0.772. The van der Waals surface area contributed by atoms with Crippen molar-refractivity contribution in [3.05, 3.63) is 69.9 Å². The molecule has 8 heteroatoms. The first-order valence-corrected chi connectivity index (χ1v) is 6.89. The molecule has 0 aliphatic rings. The monoisotopic (exact) mass is 336 g/mol. The smallest absolute Gasteiger partial charge is 0.416 e. The normalized spacial score (nSPS) is 11.6. The fourth-order valence-electron chi connectivity index (χ4n) is 2.24. The number of fused-ring (bicyclic) bond motifs is 1. The van der Waals surface area contributed by atoms with Gasteiger partial charge in [0.15, 0.2) is 0 Å². The van der Waals surface area contributed by atoms with Crippen LogP contribution in [0.5, 0.6) is 0 Å². The minimum Gasteiger partial charge on any atom is -0.467 e. The second-order valence-corrected chi connectivity index (χ2v) is 5.05. The number of aromatic nitrogens is 1. The average molecular weight is 336 g/mol. The fourth-order valence-corrected chi connectivity index (χ4v) is 2.24. The first-order valence-electron chi connectivity index (χ1n) is 6.89. The number of alkyl halides is 3. The van der Waals surface area contributed by atoms with E-state index >= 15 is 0 Å². The van der Waals surface area contributed by atoms with Crippen molar-refractivity contribution < 1.29 is 22.4 Å². The van der Waals surface area contributed by atoms with Gasteiger partial charge >= 0.3 is 6.18 Å². The van der Waals surface area contributed by atoms with Crippen LogP contribution < -0.4 is 10.7 Å². The number of carbonyl (C=O) groups excluding carboxylic acids is 1. The van der Waals surface area contributed by atoms with Gasteiger partial charge in [0.1, 0.15) is 11.3 Å². The summed E-state index contributed by atoms with van der Waals surface area (Å²) < 4.78 is 43.1. The van der Waals surface area contributed by atoms with Gasteiger partial charge in [-0.15, -0.1) is 0 Å². The van der Waals surface area contributed by atoms with Gasteiger partial charge in [0, 0.05) is 17.1 Å². The lowest BCUT2D eigenvalue weighted by atomic mass is 10.1. The van der Waals surface area contributed by atoms with Crippen LogP contribution in [0.1, 0.15) is 21.7 Å². The molecule has 0 fully saturated rings. The van der Waals surface area contributed by atoms with Gasteiger partial charge in [-0.05, 0) is 30.3 Å². The van der Waals surface area contributed by atoms with Crippen LogP contribution in [0.3, 0.4) is 0 Å². The molecule has 0 saturated heterocycles. The van der Waals surface area contributed by atoms with Crippen LogP contribution in [-0.4, -0.2) is 10.9 Å². The zero-order valence-electron chi connectivity index (χ0n) is 12.1. The Morgan fingerprint density at radius 1 is 1.25 bits per heavy atom. The minimum absolute atomic E-state index is 0.00801. The second-order valence-electron chi connectivity index (χ2n) is 5.05. The Morgan fingerprint density at radius 3 is 2.71 bits per heavy atom. The molecule has 0 bridgehead atoms. The van der Waals surface area contributed by atoms with Crippen LogP contribution in [0.4, 0.5) is 13.2 Å². The summed E-state index contributed by atoms with van der Waals surface area (Å²) in [5.41, 5.74) is -1.69. The lowest BCUT2D eigenvalue weighted by molar-refractivity contribution is -0.137. The zero-order chi connectivity index (χ0) is 17.3. The standard InChI is InChI=1S/C16H11F3N2O3/c17-16(18,19)9-3-4-11-13(6-9)20-8-12(14(11)22)15(23)21-7-10-2-1-5-24-10/h1-6,8H,7H2,(H,20,22)(H,21,23).